The van der Waals surface area contributed by atoms with Crippen LogP contribution in [0.4, 0.5) is 0 Å². The highest BCUT2D eigenvalue weighted by Crippen LogP contribution is 2.34. The molecule has 1 unspecified atom stereocenters. The summed E-state index contributed by atoms with van der Waals surface area (Å²) in [6.07, 6.45) is 0. The lowest BCUT2D eigenvalue weighted by atomic mass is 9.77. The van der Waals surface area contributed by atoms with Gasteiger partial charge in [0.25, 0.3) is 0 Å². The van der Waals surface area contributed by atoms with Gasteiger partial charge in [-0.15, -0.1) is 0 Å². The third-order valence-corrected chi connectivity index (χ3v) is 3.07. The minimum Gasteiger partial charge on any atom is -0.366 e. The second kappa shape index (κ2) is 4.36. The second-order valence-corrected chi connectivity index (χ2v) is 4.54. The number of carbonyl (C=O) groups excluding carboxylic acids is 1. The quantitative estimate of drug-likeness (QED) is 0.843. The lowest BCUT2D eigenvalue weighted by Crippen LogP contribution is -2.18. The molecule has 1 amide bonds. The first-order chi connectivity index (χ1) is 7.38. The summed E-state index contributed by atoms with van der Waals surface area (Å²) >= 11 is 0. The van der Waals surface area contributed by atoms with Crippen LogP contribution in [0, 0.1) is 16.7 Å². The van der Waals surface area contributed by atoms with Gasteiger partial charge in [0.2, 0.25) is 5.91 Å². The fourth-order valence-corrected chi connectivity index (χ4v) is 1.45. The number of nitrogens with zero attached hydrogens (tertiary/aromatic N) is 1. The fourth-order valence-electron chi connectivity index (χ4n) is 1.45. The molecule has 0 saturated heterocycles. The summed E-state index contributed by atoms with van der Waals surface area (Å²) in [5, 5.41) is 9.04. The molecule has 1 rings (SSSR count). The van der Waals surface area contributed by atoms with Crippen molar-refractivity contribution in [2.75, 3.05) is 0 Å². The Balaban J connectivity index is 3.00. The van der Waals surface area contributed by atoms with E-state index in [-0.39, 0.29) is 5.92 Å². The maximum absolute atomic E-state index is 10.9. The number of amides is 1. The molecule has 16 heavy (non-hydrogen) atoms. The van der Waals surface area contributed by atoms with E-state index in [0.717, 1.165) is 5.56 Å². The predicted molar refractivity (Wildman–Crippen MR) is 62.8 cm³/mol. The highest BCUT2D eigenvalue weighted by atomic mass is 16.1. The number of nitrogens with two attached hydrogens (primary N) is 1. The molecule has 1 atom stereocenters. The topological polar surface area (TPSA) is 66.9 Å². The van der Waals surface area contributed by atoms with Crippen molar-refractivity contribution in [3.63, 3.8) is 0 Å². The SMILES string of the molecule is CC(c1ccc(C(N)=O)cc1)C(C)(C)C#N. The average Bonchev–Trinajstić information content (AvgIpc) is 2.28. The van der Waals surface area contributed by atoms with E-state index in [1.165, 1.54) is 0 Å². The van der Waals surface area contributed by atoms with Crippen molar-refractivity contribution in [2.45, 2.75) is 26.7 Å². The van der Waals surface area contributed by atoms with E-state index in [4.69, 9.17) is 11.0 Å². The lowest BCUT2D eigenvalue weighted by Gasteiger charge is -2.24. The normalized spacial score (nSPS) is 12.9. The van der Waals surface area contributed by atoms with Crippen LogP contribution in [-0.4, -0.2) is 5.91 Å². The molecule has 1 aromatic carbocycles. The molecular formula is C13H16N2O. The molecule has 0 aromatic heterocycles. The number of nitriles is 1. The monoisotopic (exact) mass is 216 g/mol. The first-order valence-electron chi connectivity index (χ1n) is 5.19. The Morgan fingerprint density at radius 1 is 1.38 bits per heavy atom. The molecule has 0 spiro atoms. The van der Waals surface area contributed by atoms with Gasteiger partial charge in [-0.25, -0.2) is 0 Å². The van der Waals surface area contributed by atoms with Crippen LogP contribution in [0.5, 0.6) is 0 Å². The van der Waals surface area contributed by atoms with Crippen LogP contribution >= 0.6 is 0 Å². The van der Waals surface area contributed by atoms with Gasteiger partial charge in [0.1, 0.15) is 0 Å². The van der Waals surface area contributed by atoms with Gasteiger partial charge in [-0.1, -0.05) is 19.1 Å². The molecule has 3 heteroatoms. The standard InChI is InChI=1S/C13H16N2O/c1-9(13(2,3)8-14)10-4-6-11(7-5-10)12(15)16/h4-7,9H,1-3H3,(H2,15,16). The van der Waals surface area contributed by atoms with E-state index in [9.17, 15) is 4.79 Å². The Morgan fingerprint density at radius 2 is 1.88 bits per heavy atom. The molecule has 0 aliphatic heterocycles. The van der Waals surface area contributed by atoms with Crippen molar-refractivity contribution in [3.05, 3.63) is 35.4 Å². The molecule has 3 nitrogen and oxygen atoms in total. The van der Waals surface area contributed by atoms with Crippen LogP contribution in [-0.2, 0) is 0 Å². The van der Waals surface area contributed by atoms with Crippen molar-refractivity contribution in [1.82, 2.24) is 0 Å². The van der Waals surface area contributed by atoms with Crippen molar-refractivity contribution < 1.29 is 4.79 Å². The van der Waals surface area contributed by atoms with Gasteiger partial charge in [-0.05, 0) is 37.5 Å². The smallest absolute Gasteiger partial charge is 0.248 e. The van der Waals surface area contributed by atoms with Gasteiger partial charge < -0.3 is 5.73 Å². The van der Waals surface area contributed by atoms with E-state index < -0.39 is 11.3 Å². The van der Waals surface area contributed by atoms with Crippen LogP contribution in [0.25, 0.3) is 0 Å². The minimum absolute atomic E-state index is 0.111. The summed E-state index contributed by atoms with van der Waals surface area (Å²) in [5.41, 5.74) is 6.27. The summed E-state index contributed by atoms with van der Waals surface area (Å²) in [7, 11) is 0. The summed E-state index contributed by atoms with van der Waals surface area (Å²) in [6, 6.07) is 9.38. The molecule has 0 radical (unpaired) electrons. The van der Waals surface area contributed by atoms with Crippen LogP contribution in [0.15, 0.2) is 24.3 Å². The van der Waals surface area contributed by atoms with Gasteiger partial charge in [0.05, 0.1) is 11.5 Å². The number of hydrogen-bond acceptors (Lipinski definition) is 2. The number of hydrogen-bond donors (Lipinski definition) is 1. The number of benzene rings is 1. The molecule has 0 heterocycles. The average molecular weight is 216 g/mol. The Bertz CT molecular complexity index is 426. The third kappa shape index (κ3) is 2.40. The molecule has 0 saturated carbocycles. The molecule has 1 aromatic rings. The molecule has 0 aliphatic rings. The van der Waals surface area contributed by atoms with Crippen LogP contribution in [0.1, 0.15) is 42.6 Å². The maximum atomic E-state index is 10.9. The number of primary amides is 1. The first kappa shape index (κ1) is 12.3. The number of rotatable bonds is 3. The first-order valence-corrected chi connectivity index (χ1v) is 5.19. The maximum Gasteiger partial charge on any atom is 0.248 e. The zero-order valence-electron chi connectivity index (χ0n) is 9.82. The summed E-state index contributed by atoms with van der Waals surface area (Å²) in [5.74, 6) is -0.321. The number of carbonyl (C=O) groups is 1. The largest absolute Gasteiger partial charge is 0.366 e. The molecule has 0 bridgehead atoms. The van der Waals surface area contributed by atoms with Gasteiger partial charge in [0.15, 0.2) is 0 Å². The van der Waals surface area contributed by atoms with Crippen molar-refractivity contribution in [1.29, 1.82) is 5.26 Å². The summed E-state index contributed by atoms with van der Waals surface area (Å²) in [4.78, 5) is 10.9. The van der Waals surface area contributed by atoms with Crippen LogP contribution in [0.2, 0.25) is 0 Å². The van der Waals surface area contributed by atoms with E-state index in [0.29, 0.717) is 5.56 Å². The van der Waals surface area contributed by atoms with E-state index in [2.05, 4.69) is 6.07 Å². The Morgan fingerprint density at radius 3 is 2.25 bits per heavy atom. The van der Waals surface area contributed by atoms with Gasteiger partial charge in [-0.2, -0.15) is 5.26 Å². The summed E-state index contributed by atoms with van der Waals surface area (Å²) < 4.78 is 0. The van der Waals surface area contributed by atoms with E-state index >= 15 is 0 Å². The third-order valence-electron chi connectivity index (χ3n) is 3.07. The Kier molecular flexibility index (Phi) is 3.34. The minimum atomic E-state index is -0.432. The zero-order valence-corrected chi connectivity index (χ0v) is 9.82. The van der Waals surface area contributed by atoms with Crippen molar-refractivity contribution in [3.8, 4) is 6.07 Å². The van der Waals surface area contributed by atoms with Gasteiger partial charge in [-0.3, -0.25) is 4.79 Å². The molecule has 0 fully saturated rings. The fraction of sp³-hybridized carbons (Fsp3) is 0.385. The van der Waals surface area contributed by atoms with Gasteiger partial charge in [0, 0.05) is 5.56 Å². The Hall–Kier alpha value is -1.82. The highest BCUT2D eigenvalue weighted by Gasteiger charge is 2.26. The zero-order chi connectivity index (χ0) is 12.3. The van der Waals surface area contributed by atoms with Crippen molar-refractivity contribution in [2.24, 2.45) is 11.1 Å². The van der Waals surface area contributed by atoms with Crippen LogP contribution < -0.4 is 5.73 Å². The molecule has 0 aliphatic carbocycles. The second-order valence-electron chi connectivity index (χ2n) is 4.54. The molecule has 84 valence electrons. The van der Waals surface area contributed by atoms with Crippen molar-refractivity contribution >= 4 is 5.91 Å². The van der Waals surface area contributed by atoms with E-state index in [1.807, 2.05) is 32.9 Å². The van der Waals surface area contributed by atoms with Crippen LogP contribution in [0.3, 0.4) is 0 Å². The summed E-state index contributed by atoms with van der Waals surface area (Å²) in [6.45, 7) is 5.81. The van der Waals surface area contributed by atoms with E-state index in [1.54, 1.807) is 12.1 Å². The molecule has 2 N–H and O–H groups in total. The molecular weight excluding hydrogens is 200 g/mol. The van der Waals surface area contributed by atoms with Gasteiger partial charge >= 0.3 is 0 Å². The predicted octanol–water partition coefficient (Wildman–Crippen LogP) is 2.44. The highest BCUT2D eigenvalue weighted by molar-refractivity contribution is 5.92. The Labute approximate surface area is 95.9 Å². The lowest BCUT2D eigenvalue weighted by molar-refractivity contribution is 0.100.